The maximum absolute atomic E-state index is 6.05. The van der Waals surface area contributed by atoms with Crippen LogP contribution in [0.1, 0.15) is 17.2 Å². The molecule has 0 aliphatic heterocycles. The molecular weight excluding hydrogens is 286 g/mol. The zero-order valence-corrected chi connectivity index (χ0v) is 13.2. The smallest absolute Gasteiger partial charge is 0.159 e. The molecule has 0 aliphatic carbocycles. The van der Waals surface area contributed by atoms with Crippen molar-refractivity contribution in [2.24, 2.45) is 0 Å². The lowest BCUT2D eigenvalue weighted by atomic mass is 10.0. The van der Waals surface area contributed by atoms with Gasteiger partial charge < -0.3 is 0 Å². The van der Waals surface area contributed by atoms with Crippen molar-refractivity contribution in [3.63, 3.8) is 0 Å². The van der Waals surface area contributed by atoms with Crippen LogP contribution in [0.2, 0.25) is 0 Å². The monoisotopic (exact) mass is 303 g/mol. The Labute approximate surface area is 129 Å². The van der Waals surface area contributed by atoms with Gasteiger partial charge in [0.2, 0.25) is 0 Å². The zero-order valence-electron chi connectivity index (χ0n) is 11.5. The van der Waals surface area contributed by atoms with Crippen molar-refractivity contribution in [3.05, 3.63) is 71.8 Å². The molecule has 0 saturated heterocycles. The Morgan fingerprint density at radius 1 is 1.00 bits per heavy atom. The van der Waals surface area contributed by atoms with Crippen molar-refractivity contribution < 1.29 is 4.84 Å². The van der Waals surface area contributed by atoms with Crippen LogP contribution in [0.4, 0.5) is 0 Å². The fraction of sp³-hybridized carbons (Fsp3) is 0.188. The number of benzene rings is 2. The van der Waals surface area contributed by atoms with Crippen molar-refractivity contribution >= 4 is 28.3 Å². The molecule has 0 aromatic heterocycles. The van der Waals surface area contributed by atoms with E-state index in [2.05, 4.69) is 24.3 Å². The molecule has 0 aliphatic rings. The summed E-state index contributed by atoms with van der Waals surface area (Å²) in [6.07, 6.45) is 1.79. The summed E-state index contributed by atoms with van der Waals surface area (Å²) < 4.78 is 0.710. The van der Waals surface area contributed by atoms with Crippen LogP contribution in [0, 0.1) is 0 Å². The highest BCUT2D eigenvalue weighted by molar-refractivity contribution is 8.22. The highest BCUT2D eigenvalue weighted by atomic mass is 32.2. The molecule has 0 unspecified atom stereocenters. The lowest BCUT2D eigenvalue weighted by Gasteiger charge is -2.25. The standard InChI is InChI=1S/C16H17NOS2/c1-17(16(19)20-2)18-15(13-9-5-3-6-10-13)14-11-7-4-8-12-14/h3-12,15H,1-2H3. The first-order valence-electron chi connectivity index (χ1n) is 6.30. The normalized spacial score (nSPS) is 10.6. The minimum atomic E-state index is -0.160. The van der Waals surface area contributed by atoms with Gasteiger partial charge in [-0.1, -0.05) is 84.6 Å². The summed E-state index contributed by atoms with van der Waals surface area (Å²) in [7, 11) is 1.84. The summed E-state index contributed by atoms with van der Waals surface area (Å²) >= 11 is 6.76. The third-order valence-electron chi connectivity index (χ3n) is 2.90. The minimum absolute atomic E-state index is 0.160. The fourth-order valence-electron chi connectivity index (χ4n) is 1.90. The van der Waals surface area contributed by atoms with E-state index in [0.29, 0.717) is 4.32 Å². The molecule has 0 heterocycles. The number of thiocarbonyl (C=S) groups is 1. The predicted octanol–water partition coefficient (Wildman–Crippen LogP) is 4.29. The van der Waals surface area contributed by atoms with E-state index in [9.17, 15) is 0 Å². The Bertz CT molecular complexity index is 505. The van der Waals surface area contributed by atoms with Gasteiger partial charge in [-0.25, -0.2) is 5.06 Å². The Balaban J connectivity index is 2.28. The average molecular weight is 303 g/mol. The topological polar surface area (TPSA) is 12.5 Å². The SMILES string of the molecule is CSC(=S)N(C)OC(c1ccccc1)c1ccccc1. The Morgan fingerprint density at radius 3 is 1.85 bits per heavy atom. The number of rotatable bonds is 4. The molecule has 0 atom stereocenters. The average Bonchev–Trinajstić information content (AvgIpc) is 2.53. The first kappa shape index (κ1) is 15.0. The van der Waals surface area contributed by atoms with E-state index in [1.54, 1.807) is 5.06 Å². The molecule has 104 valence electrons. The van der Waals surface area contributed by atoms with Gasteiger partial charge in [-0.15, -0.1) is 0 Å². The van der Waals surface area contributed by atoms with Crippen molar-refractivity contribution in [1.82, 2.24) is 5.06 Å². The van der Waals surface area contributed by atoms with Crippen molar-refractivity contribution in [2.45, 2.75) is 6.10 Å². The van der Waals surface area contributed by atoms with E-state index >= 15 is 0 Å². The number of hydrogen-bond acceptors (Lipinski definition) is 3. The van der Waals surface area contributed by atoms with Crippen molar-refractivity contribution in [3.8, 4) is 0 Å². The first-order valence-corrected chi connectivity index (χ1v) is 7.94. The molecule has 0 spiro atoms. The third-order valence-corrected chi connectivity index (χ3v) is 4.26. The van der Waals surface area contributed by atoms with Gasteiger partial charge >= 0.3 is 0 Å². The zero-order chi connectivity index (χ0) is 14.4. The fourth-order valence-corrected chi connectivity index (χ4v) is 2.24. The van der Waals surface area contributed by atoms with Crippen molar-refractivity contribution in [1.29, 1.82) is 0 Å². The second kappa shape index (κ2) is 7.43. The molecule has 0 amide bonds. The van der Waals surface area contributed by atoms with Crippen LogP contribution in [0.3, 0.4) is 0 Å². The van der Waals surface area contributed by atoms with Gasteiger partial charge in [0.25, 0.3) is 0 Å². The van der Waals surface area contributed by atoms with Crippen LogP contribution in [-0.4, -0.2) is 22.7 Å². The highest BCUT2D eigenvalue weighted by Crippen LogP contribution is 2.27. The maximum Gasteiger partial charge on any atom is 0.159 e. The van der Waals surface area contributed by atoms with Gasteiger partial charge in [0, 0.05) is 7.05 Å². The Hall–Kier alpha value is -1.36. The summed E-state index contributed by atoms with van der Waals surface area (Å²) in [5, 5.41) is 1.66. The number of nitrogens with zero attached hydrogens (tertiary/aromatic N) is 1. The van der Waals surface area contributed by atoms with E-state index in [4.69, 9.17) is 17.1 Å². The summed E-state index contributed by atoms with van der Waals surface area (Å²) in [5.41, 5.74) is 2.21. The Morgan fingerprint density at radius 2 is 1.45 bits per heavy atom. The molecule has 0 fully saturated rings. The summed E-state index contributed by atoms with van der Waals surface area (Å²) in [6, 6.07) is 20.3. The van der Waals surface area contributed by atoms with Crippen LogP contribution in [-0.2, 0) is 4.84 Å². The predicted molar refractivity (Wildman–Crippen MR) is 89.7 cm³/mol. The number of hydrogen-bond donors (Lipinski definition) is 0. The van der Waals surface area contributed by atoms with Crippen molar-refractivity contribution in [2.75, 3.05) is 13.3 Å². The van der Waals surface area contributed by atoms with Crippen LogP contribution in [0.5, 0.6) is 0 Å². The molecule has 2 aromatic carbocycles. The summed E-state index contributed by atoms with van der Waals surface area (Å²) in [5.74, 6) is 0. The van der Waals surface area contributed by atoms with Crippen LogP contribution in [0.15, 0.2) is 60.7 Å². The lowest BCUT2D eigenvalue weighted by molar-refractivity contribution is -0.112. The van der Waals surface area contributed by atoms with Gasteiger partial charge in [0.05, 0.1) is 0 Å². The number of thioether (sulfide) groups is 1. The molecule has 0 bridgehead atoms. The van der Waals surface area contributed by atoms with Crippen LogP contribution < -0.4 is 0 Å². The molecular formula is C16H17NOS2. The van der Waals surface area contributed by atoms with Crippen LogP contribution >= 0.6 is 24.0 Å². The molecule has 4 heteroatoms. The summed E-state index contributed by atoms with van der Waals surface area (Å²) in [6.45, 7) is 0. The second-order valence-electron chi connectivity index (χ2n) is 4.27. The van der Waals surface area contributed by atoms with Gasteiger partial charge in [-0.3, -0.25) is 4.84 Å². The lowest BCUT2D eigenvalue weighted by Crippen LogP contribution is -2.25. The summed E-state index contributed by atoms with van der Waals surface area (Å²) in [4.78, 5) is 6.05. The highest BCUT2D eigenvalue weighted by Gasteiger charge is 2.18. The number of hydroxylamine groups is 2. The van der Waals surface area contributed by atoms with Gasteiger partial charge in [0.1, 0.15) is 6.10 Å². The van der Waals surface area contributed by atoms with E-state index in [1.165, 1.54) is 11.8 Å². The maximum atomic E-state index is 6.05. The first-order chi connectivity index (χ1) is 9.72. The third kappa shape index (κ3) is 3.82. The molecule has 0 radical (unpaired) electrons. The second-order valence-corrected chi connectivity index (χ2v) is 5.71. The van der Waals surface area contributed by atoms with Gasteiger partial charge in [0.15, 0.2) is 4.32 Å². The Kier molecular flexibility index (Phi) is 5.59. The van der Waals surface area contributed by atoms with Gasteiger partial charge in [-0.05, 0) is 17.4 Å². The molecule has 2 nitrogen and oxygen atoms in total. The quantitative estimate of drug-likeness (QED) is 0.617. The van der Waals surface area contributed by atoms with E-state index in [-0.39, 0.29) is 6.10 Å². The molecule has 0 saturated carbocycles. The molecule has 20 heavy (non-hydrogen) atoms. The van der Waals surface area contributed by atoms with E-state index < -0.39 is 0 Å². The largest absolute Gasteiger partial charge is 0.259 e. The van der Waals surface area contributed by atoms with E-state index in [0.717, 1.165) is 11.1 Å². The molecule has 2 rings (SSSR count). The van der Waals surface area contributed by atoms with Crippen LogP contribution in [0.25, 0.3) is 0 Å². The molecule has 0 N–H and O–H groups in total. The minimum Gasteiger partial charge on any atom is -0.259 e. The van der Waals surface area contributed by atoms with E-state index in [1.807, 2.05) is 49.7 Å². The van der Waals surface area contributed by atoms with Gasteiger partial charge in [-0.2, -0.15) is 0 Å². The molecule has 2 aromatic rings.